The number of halogens is 1. The van der Waals surface area contributed by atoms with Crippen LogP contribution in [0.25, 0.3) is 6.08 Å². The van der Waals surface area contributed by atoms with Gasteiger partial charge in [-0.15, -0.1) is 0 Å². The minimum atomic E-state index is -0.600. The van der Waals surface area contributed by atoms with Gasteiger partial charge in [-0.2, -0.15) is 0 Å². The number of methoxy groups -OCH3 is 1. The zero-order chi connectivity index (χ0) is 22.2. The first-order valence-electron chi connectivity index (χ1n) is 9.66. The molecule has 1 aliphatic rings. The Morgan fingerprint density at radius 2 is 1.97 bits per heavy atom. The van der Waals surface area contributed by atoms with Crippen LogP contribution in [-0.2, 0) is 14.3 Å². The van der Waals surface area contributed by atoms with Crippen LogP contribution in [0.15, 0.2) is 42.5 Å². The summed E-state index contributed by atoms with van der Waals surface area (Å²) in [5, 5.41) is 2.64. The maximum Gasteiger partial charge on any atom is 0.255 e. The Bertz CT molecular complexity index is 974. The molecule has 9 heteroatoms. The topological polar surface area (TPSA) is 103 Å². The normalized spacial score (nSPS) is 13.8. The Labute approximate surface area is 179 Å². The van der Waals surface area contributed by atoms with E-state index in [9.17, 15) is 14.0 Å². The monoisotopic (exact) mass is 429 g/mol. The van der Waals surface area contributed by atoms with Gasteiger partial charge < -0.3 is 30.2 Å². The second kappa shape index (κ2) is 10.4. The smallest absolute Gasteiger partial charge is 0.255 e. The molecule has 1 aliphatic heterocycles. The SMILES string of the molecule is COc1cc(/C=C/C(=O)Nc2ccc(N3CCOCC3)c(F)c2)ccc1OCC(N)=O. The Kier molecular flexibility index (Phi) is 7.45. The van der Waals surface area contributed by atoms with Gasteiger partial charge >= 0.3 is 0 Å². The lowest BCUT2D eigenvalue weighted by Crippen LogP contribution is -2.36. The van der Waals surface area contributed by atoms with Crippen molar-refractivity contribution in [2.24, 2.45) is 5.73 Å². The molecule has 1 saturated heterocycles. The molecule has 8 nitrogen and oxygen atoms in total. The third kappa shape index (κ3) is 6.19. The summed E-state index contributed by atoms with van der Waals surface area (Å²) in [4.78, 5) is 25.0. The number of anilines is 2. The number of ether oxygens (including phenoxy) is 3. The summed E-state index contributed by atoms with van der Waals surface area (Å²) in [5.41, 5.74) is 6.59. The van der Waals surface area contributed by atoms with E-state index in [1.165, 1.54) is 19.3 Å². The van der Waals surface area contributed by atoms with E-state index >= 15 is 0 Å². The number of carbonyl (C=O) groups excluding carboxylic acids is 2. The van der Waals surface area contributed by atoms with Crippen molar-refractivity contribution in [1.29, 1.82) is 0 Å². The van der Waals surface area contributed by atoms with E-state index < -0.39 is 17.6 Å². The lowest BCUT2D eigenvalue weighted by Gasteiger charge is -2.29. The molecule has 1 heterocycles. The fourth-order valence-electron chi connectivity index (χ4n) is 3.06. The fourth-order valence-corrected chi connectivity index (χ4v) is 3.06. The lowest BCUT2D eigenvalue weighted by molar-refractivity contribution is -0.120. The van der Waals surface area contributed by atoms with E-state index in [-0.39, 0.29) is 6.61 Å². The van der Waals surface area contributed by atoms with Crippen molar-refractivity contribution >= 4 is 29.3 Å². The van der Waals surface area contributed by atoms with Crippen molar-refractivity contribution in [2.75, 3.05) is 50.2 Å². The molecule has 164 valence electrons. The molecule has 2 amide bonds. The van der Waals surface area contributed by atoms with E-state index in [0.29, 0.717) is 54.7 Å². The first-order valence-corrected chi connectivity index (χ1v) is 9.66. The van der Waals surface area contributed by atoms with Crippen LogP contribution in [0.1, 0.15) is 5.56 Å². The van der Waals surface area contributed by atoms with Gasteiger partial charge in [0.15, 0.2) is 18.1 Å². The molecule has 2 aromatic rings. The molecule has 0 radical (unpaired) electrons. The first-order chi connectivity index (χ1) is 15.0. The molecule has 3 N–H and O–H groups in total. The minimum Gasteiger partial charge on any atom is -0.493 e. The number of nitrogens with zero attached hydrogens (tertiary/aromatic N) is 1. The lowest BCUT2D eigenvalue weighted by atomic mass is 10.2. The van der Waals surface area contributed by atoms with Crippen LogP contribution >= 0.6 is 0 Å². The van der Waals surface area contributed by atoms with Gasteiger partial charge in [-0.25, -0.2) is 4.39 Å². The molecular formula is C22H24FN3O5. The van der Waals surface area contributed by atoms with Crippen LogP contribution in [-0.4, -0.2) is 51.8 Å². The highest BCUT2D eigenvalue weighted by Gasteiger charge is 2.15. The summed E-state index contributed by atoms with van der Waals surface area (Å²) in [6, 6.07) is 9.56. The van der Waals surface area contributed by atoms with E-state index in [1.807, 2.05) is 4.90 Å². The van der Waals surface area contributed by atoms with Crippen molar-refractivity contribution in [3.63, 3.8) is 0 Å². The van der Waals surface area contributed by atoms with Crippen molar-refractivity contribution in [1.82, 2.24) is 0 Å². The predicted octanol–water partition coefficient (Wildman–Crippen LogP) is 2.19. The Morgan fingerprint density at radius 3 is 2.65 bits per heavy atom. The van der Waals surface area contributed by atoms with Crippen LogP contribution in [0, 0.1) is 5.82 Å². The molecule has 2 aromatic carbocycles. The Morgan fingerprint density at radius 1 is 1.19 bits per heavy atom. The largest absolute Gasteiger partial charge is 0.493 e. The predicted molar refractivity (Wildman–Crippen MR) is 115 cm³/mol. The highest BCUT2D eigenvalue weighted by molar-refractivity contribution is 6.02. The molecule has 0 atom stereocenters. The van der Waals surface area contributed by atoms with Gasteiger partial charge in [0, 0.05) is 24.9 Å². The molecule has 0 aliphatic carbocycles. The summed E-state index contributed by atoms with van der Waals surface area (Å²) in [6.45, 7) is 2.11. The molecular weight excluding hydrogens is 405 g/mol. The average Bonchev–Trinajstić information content (AvgIpc) is 2.77. The standard InChI is InChI=1S/C22H24FN3O5/c1-29-20-12-15(2-6-19(20)31-14-21(24)27)3-7-22(28)25-16-4-5-18(17(23)13-16)26-8-10-30-11-9-26/h2-7,12-13H,8-11,14H2,1H3,(H2,24,27)(H,25,28)/b7-3+. The maximum atomic E-state index is 14.5. The number of carbonyl (C=O) groups is 2. The second-order valence-corrected chi connectivity index (χ2v) is 6.75. The van der Waals surface area contributed by atoms with E-state index in [2.05, 4.69) is 5.32 Å². The number of primary amides is 1. The minimum absolute atomic E-state index is 0.269. The number of nitrogens with one attached hydrogen (secondary N) is 1. The van der Waals surface area contributed by atoms with Gasteiger partial charge in [-0.1, -0.05) is 6.07 Å². The third-order valence-electron chi connectivity index (χ3n) is 4.55. The average molecular weight is 429 g/mol. The number of hydrogen-bond donors (Lipinski definition) is 2. The van der Waals surface area contributed by atoms with E-state index in [4.69, 9.17) is 19.9 Å². The summed E-state index contributed by atoms with van der Waals surface area (Å²) < 4.78 is 30.2. The van der Waals surface area contributed by atoms with Crippen molar-refractivity contribution < 1.29 is 28.2 Å². The summed E-state index contributed by atoms with van der Waals surface area (Å²) >= 11 is 0. The molecule has 31 heavy (non-hydrogen) atoms. The van der Waals surface area contributed by atoms with Crippen LogP contribution in [0.4, 0.5) is 15.8 Å². The van der Waals surface area contributed by atoms with Gasteiger partial charge in [0.2, 0.25) is 5.91 Å². The first kappa shape index (κ1) is 22.1. The van der Waals surface area contributed by atoms with Crippen LogP contribution < -0.4 is 25.4 Å². The van der Waals surface area contributed by atoms with Gasteiger partial charge in [0.25, 0.3) is 5.91 Å². The van der Waals surface area contributed by atoms with Crippen molar-refractivity contribution in [3.05, 3.63) is 53.9 Å². The van der Waals surface area contributed by atoms with Crippen LogP contribution in [0.2, 0.25) is 0 Å². The second-order valence-electron chi connectivity index (χ2n) is 6.75. The van der Waals surface area contributed by atoms with E-state index in [1.54, 1.807) is 36.4 Å². The quantitative estimate of drug-likeness (QED) is 0.624. The fraction of sp³-hybridized carbons (Fsp3) is 0.273. The van der Waals surface area contributed by atoms with Gasteiger partial charge in [-0.05, 0) is 42.0 Å². The maximum absolute atomic E-state index is 14.5. The highest BCUT2D eigenvalue weighted by Crippen LogP contribution is 2.28. The number of morpholine rings is 1. The van der Waals surface area contributed by atoms with Gasteiger partial charge in [-0.3, -0.25) is 9.59 Å². The third-order valence-corrected chi connectivity index (χ3v) is 4.55. The molecule has 0 aromatic heterocycles. The van der Waals surface area contributed by atoms with Gasteiger partial charge in [0.05, 0.1) is 26.0 Å². The molecule has 0 bridgehead atoms. The molecule has 0 unspecified atom stereocenters. The van der Waals surface area contributed by atoms with Crippen LogP contribution in [0.5, 0.6) is 11.5 Å². The zero-order valence-electron chi connectivity index (χ0n) is 17.1. The van der Waals surface area contributed by atoms with Gasteiger partial charge in [0.1, 0.15) is 5.82 Å². The van der Waals surface area contributed by atoms with Crippen molar-refractivity contribution in [2.45, 2.75) is 0 Å². The van der Waals surface area contributed by atoms with Crippen LogP contribution in [0.3, 0.4) is 0 Å². The number of amides is 2. The summed E-state index contributed by atoms with van der Waals surface area (Å²) in [6.07, 6.45) is 2.90. The number of rotatable bonds is 8. The van der Waals surface area contributed by atoms with Crippen molar-refractivity contribution in [3.8, 4) is 11.5 Å². The molecule has 3 rings (SSSR count). The molecule has 0 spiro atoms. The summed E-state index contributed by atoms with van der Waals surface area (Å²) in [5.74, 6) is -0.660. The molecule has 0 saturated carbocycles. The van der Waals surface area contributed by atoms with E-state index in [0.717, 1.165) is 0 Å². The molecule has 1 fully saturated rings. The number of nitrogens with two attached hydrogens (primary N) is 1. The Hall–Kier alpha value is -3.59. The Balaban J connectivity index is 1.62. The number of benzene rings is 2. The zero-order valence-corrected chi connectivity index (χ0v) is 17.1. The number of hydrogen-bond acceptors (Lipinski definition) is 6. The highest BCUT2D eigenvalue weighted by atomic mass is 19.1. The summed E-state index contributed by atoms with van der Waals surface area (Å²) in [7, 11) is 1.46.